The van der Waals surface area contributed by atoms with E-state index in [1.54, 1.807) is 12.1 Å². The molecule has 0 spiro atoms. The minimum Gasteiger partial charge on any atom is -0.512 e. The fourth-order valence-electron chi connectivity index (χ4n) is 4.55. The molecule has 4 nitrogen and oxygen atoms in total. The van der Waals surface area contributed by atoms with Crippen molar-refractivity contribution in [2.24, 2.45) is 11.8 Å². The van der Waals surface area contributed by atoms with Gasteiger partial charge in [-0.2, -0.15) is 0 Å². The van der Waals surface area contributed by atoms with Crippen LogP contribution >= 0.6 is 11.6 Å². The fraction of sp³-hybridized carbons (Fsp3) is 0.417. The molecular formula is C24H26ClNO3. The SMILES string of the molecule is CCc1ccc(Oc2ccc(Cl)cn2)cc1C1=C(O)CC2CCC(CC2)CC1=O. The van der Waals surface area contributed by atoms with Crippen LogP contribution in [0.25, 0.3) is 5.57 Å². The number of halogens is 1. The molecule has 0 saturated heterocycles. The van der Waals surface area contributed by atoms with Gasteiger partial charge in [-0.05, 0) is 73.3 Å². The number of aryl methyl sites for hydroxylation is 1. The van der Waals surface area contributed by atoms with E-state index in [0.29, 0.717) is 46.9 Å². The Labute approximate surface area is 176 Å². The Bertz CT molecular complexity index is 928. The largest absolute Gasteiger partial charge is 0.512 e. The van der Waals surface area contributed by atoms with E-state index in [0.717, 1.165) is 43.2 Å². The maximum absolute atomic E-state index is 13.2. The maximum Gasteiger partial charge on any atom is 0.219 e. The monoisotopic (exact) mass is 411 g/mol. The van der Waals surface area contributed by atoms with Crippen molar-refractivity contribution in [3.63, 3.8) is 0 Å². The predicted molar refractivity (Wildman–Crippen MR) is 114 cm³/mol. The first kappa shape index (κ1) is 20.0. The first-order chi connectivity index (χ1) is 14.0. The summed E-state index contributed by atoms with van der Waals surface area (Å²) in [6.45, 7) is 2.06. The fourth-order valence-corrected chi connectivity index (χ4v) is 4.66. The number of Topliss-reactive ketones (excluding diaryl/α,β-unsaturated/α-hetero) is 1. The Balaban J connectivity index is 1.72. The van der Waals surface area contributed by atoms with Crippen molar-refractivity contribution < 1.29 is 14.6 Å². The lowest BCUT2D eigenvalue weighted by atomic mass is 9.79. The van der Waals surface area contributed by atoms with Crippen molar-refractivity contribution in [3.05, 3.63) is 58.4 Å². The van der Waals surface area contributed by atoms with Gasteiger partial charge in [0.05, 0.1) is 10.6 Å². The normalized spacial score (nSPS) is 22.2. The number of ketones is 1. The molecule has 3 aliphatic rings. The third kappa shape index (κ3) is 4.48. The lowest BCUT2D eigenvalue weighted by molar-refractivity contribution is -0.114. The van der Waals surface area contributed by atoms with Crippen LogP contribution in [0.2, 0.25) is 5.02 Å². The van der Waals surface area contributed by atoms with Gasteiger partial charge in [0, 0.05) is 25.1 Å². The molecule has 0 unspecified atom stereocenters. The number of ether oxygens (including phenoxy) is 1. The summed E-state index contributed by atoms with van der Waals surface area (Å²) in [5.74, 6) is 2.20. The van der Waals surface area contributed by atoms with Gasteiger partial charge < -0.3 is 9.84 Å². The highest BCUT2D eigenvalue weighted by Crippen LogP contribution is 2.40. The number of aromatic nitrogens is 1. The van der Waals surface area contributed by atoms with Gasteiger partial charge in [0.2, 0.25) is 5.88 Å². The lowest BCUT2D eigenvalue weighted by Crippen LogP contribution is -2.15. The molecule has 0 atom stereocenters. The third-order valence-corrected chi connectivity index (χ3v) is 6.37. The van der Waals surface area contributed by atoms with Crippen LogP contribution in [0.3, 0.4) is 0 Å². The second kappa shape index (κ2) is 8.58. The highest BCUT2D eigenvalue weighted by molar-refractivity contribution is 6.30. The number of carbonyl (C=O) groups is 1. The Morgan fingerprint density at radius 3 is 2.48 bits per heavy atom. The van der Waals surface area contributed by atoms with E-state index in [1.807, 2.05) is 18.2 Å². The van der Waals surface area contributed by atoms with E-state index < -0.39 is 0 Å². The molecule has 1 saturated carbocycles. The van der Waals surface area contributed by atoms with Crippen LogP contribution in [0.15, 0.2) is 42.3 Å². The minimum absolute atomic E-state index is 0.0477. The Kier molecular flexibility index (Phi) is 5.91. The van der Waals surface area contributed by atoms with E-state index >= 15 is 0 Å². The second-order valence-electron chi connectivity index (χ2n) is 8.13. The van der Waals surface area contributed by atoms with Crippen molar-refractivity contribution in [3.8, 4) is 11.6 Å². The number of carbonyl (C=O) groups excluding carboxylic acids is 1. The minimum atomic E-state index is 0.0477. The van der Waals surface area contributed by atoms with Crippen LogP contribution < -0.4 is 4.74 Å². The molecule has 3 aliphatic carbocycles. The smallest absolute Gasteiger partial charge is 0.219 e. The summed E-state index contributed by atoms with van der Waals surface area (Å²) in [6, 6.07) is 9.12. The zero-order valence-electron chi connectivity index (χ0n) is 16.7. The standard InChI is InChI=1S/C24H26ClNO3/c1-2-17-7-9-19(29-23-10-8-18(25)14-26-23)13-20(17)24-21(27)11-15-3-4-16(6-5-15)12-22(24)28/h7-10,13-16,27H,2-6,11-12H2,1H3. The van der Waals surface area contributed by atoms with Gasteiger partial charge in [0.1, 0.15) is 11.5 Å². The first-order valence-corrected chi connectivity index (χ1v) is 10.8. The number of aliphatic hydroxyl groups excluding tert-OH is 1. The summed E-state index contributed by atoms with van der Waals surface area (Å²) < 4.78 is 5.88. The summed E-state index contributed by atoms with van der Waals surface area (Å²) in [5.41, 5.74) is 2.29. The predicted octanol–water partition coefficient (Wildman–Crippen LogP) is 6.53. The van der Waals surface area contributed by atoms with Crippen LogP contribution in [-0.2, 0) is 11.2 Å². The molecule has 2 bridgehead atoms. The molecular weight excluding hydrogens is 386 g/mol. The molecule has 0 radical (unpaired) electrons. The maximum atomic E-state index is 13.2. The van der Waals surface area contributed by atoms with Crippen LogP contribution in [0.1, 0.15) is 56.6 Å². The first-order valence-electron chi connectivity index (χ1n) is 10.4. The van der Waals surface area contributed by atoms with Crippen molar-refractivity contribution in [2.75, 3.05) is 0 Å². The van der Waals surface area contributed by atoms with Crippen molar-refractivity contribution in [1.29, 1.82) is 0 Å². The molecule has 1 N–H and O–H groups in total. The number of aliphatic hydroxyl groups is 1. The Morgan fingerprint density at radius 1 is 1.10 bits per heavy atom. The van der Waals surface area contributed by atoms with Gasteiger partial charge in [-0.15, -0.1) is 0 Å². The molecule has 1 heterocycles. The van der Waals surface area contributed by atoms with E-state index in [2.05, 4.69) is 11.9 Å². The molecule has 29 heavy (non-hydrogen) atoms. The number of fused-ring (bicyclic) bond motifs is 5. The molecule has 1 fully saturated rings. The van der Waals surface area contributed by atoms with Gasteiger partial charge >= 0.3 is 0 Å². The third-order valence-electron chi connectivity index (χ3n) is 6.14. The van der Waals surface area contributed by atoms with Gasteiger partial charge in [-0.25, -0.2) is 4.98 Å². The summed E-state index contributed by atoms with van der Waals surface area (Å²) in [7, 11) is 0. The number of pyridine rings is 1. The molecule has 5 rings (SSSR count). The van der Waals surface area contributed by atoms with Crippen molar-refractivity contribution in [1.82, 2.24) is 4.98 Å². The molecule has 5 heteroatoms. The zero-order chi connectivity index (χ0) is 20.4. The molecule has 0 aliphatic heterocycles. The average molecular weight is 412 g/mol. The number of nitrogens with zero attached hydrogens (tertiary/aromatic N) is 1. The Hall–Kier alpha value is -2.33. The number of rotatable bonds is 4. The number of hydrogen-bond acceptors (Lipinski definition) is 4. The van der Waals surface area contributed by atoms with E-state index in [-0.39, 0.29) is 11.5 Å². The second-order valence-corrected chi connectivity index (χ2v) is 8.57. The van der Waals surface area contributed by atoms with Crippen LogP contribution in [0, 0.1) is 11.8 Å². The molecule has 2 aromatic rings. The number of allylic oxidation sites excluding steroid dienone is 2. The van der Waals surface area contributed by atoms with Crippen molar-refractivity contribution >= 4 is 23.0 Å². The summed E-state index contributed by atoms with van der Waals surface area (Å²) in [6.07, 6.45) is 7.77. The summed E-state index contributed by atoms with van der Waals surface area (Å²) in [4.78, 5) is 17.4. The summed E-state index contributed by atoms with van der Waals surface area (Å²) in [5, 5.41) is 11.5. The zero-order valence-corrected chi connectivity index (χ0v) is 17.4. The molecule has 152 valence electrons. The quantitative estimate of drug-likeness (QED) is 0.621. The van der Waals surface area contributed by atoms with E-state index in [1.165, 1.54) is 6.20 Å². The Morgan fingerprint density at radius 2 is 1.83 bits per heavy atom. The van der Waals surface area contributed by atoms with Crippen LogP contribution in [0.5, 0.6) is 11.6 Å². The van der Waals surface area contributed by atoms with Gasteiger partial charge in [-0.1, -0.05) is 24.6 Å². The number of benzene rings is 1. The van der Waals surface area contributed by atoms with Gasteiger partial charge in [0.15, 0.2) is 5.78 Å². The van der Waals surface area contributed by atoms with E-state index in [4.69, 9.17) is 16.3 Å². The van der Waals surface area contributed by atoms with Gasteiger partial charge in [0.25, 0.3) is 0 Å². The number of hydrogen-bond donors (Lipinski definition) is 1. The summed E-state index contributed by atoms with van der Waals surface area (Å²) >= 11 is 5.89. The van der Waals surface area contributed by atoms with Crippen LogP contribution in [-0.4, -0.2) is 15.9 Å². The van der Waals surface area contributed by atoms with Crippen molar-refractivity contribution in [2.45, 2.75) is 51.9 Å². The topological polar surface area (TPSA) is 59.4 Å². The molecule has 1 aromatic heterocycles. The van der Waals surface area contributed by atoms with Gasteiger partial charge in [-0.3, -0.25) is 4.79 Å². The van der Waals surface area contributed by atoms with Crippen LogP contribution in [0.4, 0.5) is 0 Å². The molecule has 0 amide bonds. The highest BCUT2D eigenvalue weighted by atomic mass is 35.5. The average Bonchev–Trinajstić information content (AvgIpc) is 2.80. The lowest BCUT2D eigenvalue weighted by Gasteiger charge is -2.26. The highest BCUT2D eigenvalue weighted by Gasteiger charge is 2.31. The molecule has 1 aromatic carbocycles. The van der Waals surface area contributed by atoms with E-state index in [9.17, 15) is 9.90 Å².